The average Bonchev–Trinajstić information content (AvgIpc) is 2.20. The van der Waals surface area contributed by atoms with E-state index in [2.05, 4.69) is 10.3 Å². The van der Waals surface area contributed by atoms with E-state index < -0.39 is 22.5 Å². The monoisotopic (exact) mass is 259 g/mol. The Bertz CT molecular complexity index is 453. The molecule has 0 radical (unpaired) electrons. The Morgan fingerprint density at radius 1 is 1.71 bits per heavy atom. The van der Waals surface area contributed by atoms with Crippen LogP contribution in [-0.4, -0.2) is 33.2 Å². The molecule has 1 heterocycles. The molecule has 0 aliphatic carbocycles. The van der Waals surface area contributed by atoms with Crippen LogP contribution in [0, 0.1) is 5.82 Å². The molecule has 1 amide bonds. The SMILES string of the molecule is CC(CS(C)=O)NC(=O)c1cc(F)cnc1N. The van der Waals surface area contributed by atoms with Gasteiger partial charge in [-0.05, 0) is 13.0 Å². The third-order valence-corrected chi connectivity index (χ3v) is 2.96. The molecular weight excluding hydrogens is 245 g/mol. The lowest BCUT2D eigenvalue weighted by atomic mass is 10.2. The number of amides is 1. The lowest BCUT2D eigenvalue weighted by Crippen LogP contribution is -2.36. The molecule has 0 fully saturated rings. The summed E-state index contributed by atoms with van der Waals surface area (Å²) in [5.41, 5.74) is 5.45. The number of rotatable bonds is 4. The van der Waals surface area contributed by atoms with Gasteiger partial charge in [0.2, 0.25) is 0 Å². The summed E-state index contributed by atoms with van der Waals surface area (Å²) < 4.78 is 23.9. The summed E-state index contributed by atoms with van der Waals surface area (Å²) in [4.78, 5) is 15.3. The van der Waals surface area contributed by atoms with E-state index in [1.165, 1.54) is 0 Å². The number of hydrogen-bond acceptors (Lipinski definition) is 4. The number of halogens is 1. The van der Waals surface area contributed by atoms with Crippen LogP contribution in [0.4, 0.5) is 10.2 Å². The van der Waals surface area contributed by atoms with Crippen LogP contribution < -0.4 is 11.1 Å². The number of nitrogens with two attached hydrogens (primary N) is 1. The van der Waals surface area contributed by atoms with Crippen molar-refractivity contribution in [3.8, 4) is 0 Å². The molecule has 0 bridgehead atoms. The van der Waals surface area contributed by atoms with E-state index in [1.807, 2.05) is 0 Å². The summed E-state index contributed by atoms with van der Waals surface area (Å²) >= 11 is 0. The molecule has 5 nitrogen and oxygen atoms in total. The van der Waals surface area contributed by atoms with Gasteiger partial charge in [0.1, 0.15) is 11.6 Å². The number of pyridine rings is 1. The van der Waals surface area contributed by atoms with Gasteiger partial charge in [0.25, 0.3) is 5.91 Å². The smallest absolute Gasteiger partial charge is 0.255 e. The lowest BCUT2D eigenvalue weighted by Gasteiger charge is -2.13. The highest BCUT2D eigenvalue weighted by Crippen LogP contribution is 2.09. The molecule has 1 rings (SSSR count). The topological polar surface area (TPSA) is 85.1 Å². The van der Waals surface area contributed by atoms with Crippen LogP contribution in [0.15, 0.2) is 12.3 Å². The Labute approximate surface area is 101 Å². The average molecular weight is 259 g/mol. The van der Waals surface area contributed by atoms with Crippen molar-refractivity contribution < 1.29 is 13.4 Å². The fourth-order valence-electron chi connectivity index (χ4n) is 1.33. The van der Waals surface area contributed by atoms with E-state index in [0.29, 0.717) is 5.75 Å². The number of hydrogen-bond donors (Lipinski definition) is 2. The first-order valence-corrected chi connectivity index (χ1v) is 6.64. The van der Waals surface area contributed by atoms with Crippen LogP contribution in [0.25, 0.3) is 0 Å². The van der Waals surface area contributed by atoms with E-state index >= 15 is 0 Å². The van der Waals surface area contributed by atoms with Crippen molar-refractivity contribution in [2.24, 2.45) is 0 Å². The van der Waals surface area contributed by atoms with Crippen LogP contribution in [0.5, 0.6) is 0 Å². The second-order valence-corrected chi connectivity index (χ2v) is 5.18. The summed E-state index contributed by atoms with van der Waals surface area (Å²) in [7, 11) is -1.01. The molecule has 94 valence electrons. The maximum absolute atomic E-state index is 12.9. The molecule has 3 N–H and O–H groups in total. The van der Waals surface area contributed by atoms with Gasteiger partial charge in [-0.15, -0.1) is 0 Å². The van der Waals surface area contributed by atoms with E-state index in [1.54, 1.807) is 13.2 Å². The lowest BCUT2D eigenvalue weighted by molar-refractivity contribution is 0.0944. The van der Waals surface area contributed by atoms with Crippen molar-refractivity contribution >= 4 is 22.5 Å². The van der Waals surface area contributed by atoms with E-state index in [-0.39, 0.29) is 17.4 Å². The highest BCUT2D eigenvalue weighted by molar-refractivity contribution is 7.84. The van der Waals surface area contributed by atoms with Gasteiger partial charge in [-0.1, -0.05) is 0 Å². The van der Waals surface area contributed by atoms with Gasteiger partial charge in [0.05, 0.1) is 11.8 Å². The second kappa shape index (κ2) is 5.72. The van der Waals surface area contributed by atoms with Crippen molar-refractivity contribution in [3.63, 3.8) is 0 Å². The molecule has 7 heteroatoms. The zero-order chi connectivity index (χ0) is 13.0. The first kappa shape index (κ1) is 13.6. The third kappa shape index (κ3) is 4.10. The minimum Gasteiger partial charge on any atom is -0.383 e. The number of anilines is 1. The molecule has 0 saturated carbocycles. The molecule has 0 saturated heterocycles. The van der Waals surface area contributed by atoms with Crippen molar-refractivity contribution in [1.82, 2.24) is 10.3 Å². The fraction of sp³-hybridized carbons (Fsp3) is 0.400. The minimum absolute atomic E-state index is 0.0151. The molecule has 2 atom stereocenters. The fourth-order valence-corrected chi connectivity index (χ4v) is 2.11. The molecule has 0 aliphatic rings. The number of nitrogen functional groups attached to an aromatic ring is 1. The number of carbonyl (C=O) groups is 1. The van der Waals surface area contributed by atoms with Gasteiger partial charge in [-0.25, -0.2) is 9.37 Å². The molecule has 0 aromatic carbocycles. The molecule has 1 aromatic heterocycles. The summed E-state index contributed by atoms with van der Waals surface area (Å²) in [5.74, 6) is -0.855. The molecule has 0 spiro atoms. The van der Waals surface area contributed by atoms with Crippen molar-refractivity contribution in [2.45, 2.75) is 13.0 Å². The Kier molecular flexibility index (Phi) is 4.56. The van der Waals surface area contributed by atoms with Crippen LogP contribution in [0.2, 0.25) is 0 Å². The Balaban J connectivity index is 2.76. The van der Waals surface area contributed by atoms with Crippen LogP contribution in [0.3, 0.4) is 0 Å². The Morgan fingerprint density at radius 3 is 2.94 bits per heavy atom. The second-order valence-electron chi connectivity index (χ2n) is 3.70. The summed E-state index contributed by atoms with van der Waals surface area (Å²) in [5, 5.41) is 2.58. The number of nitrogens with zero attached hydrogens (tertiary/aromatic N) is 1. The standard InChI is InChI=1S/C10H14FN3O2S/c1-6(5-17(2)16)14-10(15)8-3-7(11)4-13-9(8)12/h3-4,6H,5H2,1-2H3,(H2,12,13)(H,14,15). The highest BCUT2D eigenvalue weighted by atomic mass is 32.2. The van der Waals surface area contributed by atoms with Gasteiger partial charge >= 0.3 is 0 Å². The third-order valence-electron chi connectivity index (χ3n) is 1.99. The van der Waals surface area contributed by atoms with Crippen molar-refractivity contribution in [2.75, 3.05) is 17.7 Å². The van der Waals surface area contributed by atoms with Gasteiger partial charge in [0.15, 0.2) is 0 Å². The predicted molar refractivity (Wildman–Crippen MR) is 64.5 cm³/mol. The van der Waals surface area contributed by atoms with Crippen molar-refractivity contribution in [3.05, 3.63) is 23.6 Å². The minimum atomic E-state index is -1.01. The Hall–Kier alpha value is -1.50. The van der Waals surface area contributed by atoms with Crippen LogP contribution in [0.1, 0.15) is 17.3 Å². The first-order valence-electron chi connectivity index (χ1n) is 4.92. The van der Waals surface area contributed by atoms with Gasteiger partial charge in [-0.2, -0.15) is 0 Å². The van der Waals surface area contributed by atoms with Gasteiger partial charge < -0.3 is 11.1 Å². The summed E-state index contributed by atoms with van der Waals surface area (Å²) in [6.07, 6.45) is 2.48. The molecule has 17 heavy (non-hydrogen) atoms. The zero-order valence-corrected chi connectivity index (χ0v) is 10.4. The van der Waals surface area contributed by atoms with Crippen LogP contribution in [-0.2, 0) is 10.8 Å². The molecule has 0 aliphatic heterocycles. The molecule has 2 unspecified atom stereocenters. The first-order chi connectivity index (χ1) is 7.90. The van der Waals surface area contributed by atoms with Crippen LogP contribution >= 0.6 is 0 Å². The largest absolute Gasteiger partial charge is 0.383 e. The van der Waals surface area contributed by atoms with E-state index in [9.17, 15) is 13.4 Å². The summed E-state index contributed by atoms with van der Waals surface area (Å²) in [6.45, 7) is 1.71. The Morgan fingerprint density at radius 2 is 2.35 bits per heavy atom. The van der Waals surface area contributed by atoms with Crippen molar-refractivity contribution in [1.29, 1.82) is 0 Å². The highest BCUT2D eigenvalue weighted by Gasteiger charge is 2.15. The molecular formula is C10H14FN3O2S. The number of carbonyl (C=O) groups excluding carboxylic acids is 1. The quantitative estimate of drug-likeness (QED) is 0.814. The van der Waals surface area contributed by atoms with E-state index in [0.717, 1.165) is 12.3 Å². The maximum atomic E-state index is 12.9. The normalized spacial score (nSPS) is 14.1. The maximum Gasteiger partial charge on any atom is 0.255 e. The predicted octanol–water partition coefficient (Wildman–Crippen LogP) is 0.300. The number of aromatic nitrogens is 1. The van der Waals surface area contributed by atoms with Gasteiger partial charge in [0, 0.05) is 28.9 Å². The van der Waals surface area contributed by atoms with E-state index in [4.69, 9.17) is 5.73 Å². The van der Waals surface area contributed by atoms with Gasteiger partial charge in [-0.3, -0.25) is 9.00 Å². The molecule has 1 aromatic rings. The zero-order valence-electron chi connectivity index (χ0n) is 9.57. The summed E-state index contributed by atoms with van der Waals surface area (Å²) in [6, 6.07) is 0.740. The number of nitrogens with one attached hydrogen (secondary N) is 1.